The number of rotatable bonds is 8. The Balaban J connectivity index is 2.23. The molecule has 0 aliphatic rings. The summed E-state index contributed by atoms with van der Waals surface area (Å²) in [5.41, 5.74) is 5.42. The summed E-state index contributed by atoms with van der Waals surface area (Å²) in [6.07, 6.45) is 0. The average molecular weight is 538 g/mol. The van der Waals surface area contributed by atoms with Crippen LogP contribution in [-0.2, 0) is 19.3 Å². The van der Waals surface area contributed by atoms with Crippen LogP contribution < -0.4 is 6.78 Å². The van der Waals surface area contributed by atoms with Gasteiger partial charge in [0, 0.05) is 0 Å². The minimum atomic E-state index is -1.45. The molecule has 148 valence electrons. The fraction of sp³-hybridized carbons (Fsp3) is 0.500. The van der Waals surface area contributed by atoms with E-state index in [0.717, 1.165) is 11.5 Å². The number of hydrogen-bond donors (Lipinski definition) is 0. The summed E-state index contributed by atoms with van der Waals surface area (Å²) in [6, 6.07) is 12.8. The molecule has 0 aromatic heterocycles. The van der Waals surface area contributed by atoms with Gasteiger partial charge >= 0.3 is 175 Å². The Bertz CT molecular complexity index is 685. The van der Waals surface area contributed by atoms with E-state index in [1.165, 1.54) is 22.3 Å². The summed E-state index contributed by atoms with van der Waals surface area (Å²) in [6.45, 7) is 17.9. The van der Waals surface area contributed by atoms with Gasteiger partial charge in [0.15, 0.2) is 0 Å². The SMILES string of the molecule is CC(C)c1cccc([O][W][O]c2cccc(C(C)C)c2C(C)C)c1C(C)C. The fourth-order valence-corrected chi connectivity index (χ4v) is 5.29. The Kier molecular flexibility index (Phi) is 7.98. The van der Waals surface area contributed by atoms with Gasteiger partial charge in [-0.3, -0.25) is 0 Å². The minimum absolute atomic E-state index is 0.438. The molecular weight excluding hydrogens is 504 g/mol. The number of hydrogen-bond acceptors (Lipinski definition) is 2. The van der Waals surface area contributed by atoms with Gasteiger partial charge in [0.1, 0.15) is 0 Å². The fourth-order valence-electron chi connectivity index (χ4n) is 3.60. The molecule has 0 amide bonds. The van der Waals surface area contributed by atoms with Crippen molar-refractivity contribution in [2.24, 2.45) is 0 Å². The van der Waals surface area contributed by atoms with Crippen molar-refractivity contribution in [1.82, 2.24) is 0 Å². The molecule has 0 unspecified atom stereocenters. The normalized spacial score (nSPS) is 11.7. The quantitative estimate of drug-likeness (QED) is 0.346. The van der Waals surface area contributed by atoms with Crippen LogP contribution in [0, 0.1) is 0 Å². The van der Waals surface area contributed by atoms with Gasteiger partial charge in [-0.1, -0.05) is 0 Å². The van der Waals surface area contributed by atoms with E-state index in [4.69, 9.17) is 6.78 Å². The third-order valence-electron chi connectivity index (χ3n) is 4.85. The molecule has 0 radical (unpaired) electrons. The van der Waals surface area contributed by atoms with Gasteiger partial charge in [0.05, 0.1) is 0 Å². The van der Waals surface area contributed by atoms with Crippen LogP contribution in [0.25, 0.3) is 0 Å². The molecule has 0 heterocycles. The van der Waals surface area contributed by atoms with Gasteiger partial charge in [-0.15, -0.1) is 0 Å². The summed E-state index contributed by atoms with van der Waals surface area (Å²) < 4.78 is 12.5. The molecule has 2 nitrogen and oxygen atoms in total. The molecule has 27 heavy (non-hydrogen) atoms. The van der Waals surface area contributed by atoms with E-state index in [1.54, 1.807) is 0 Å². The Labute approximate surface area is 175 Å². The van der Waals surface area contributed by atoms with Crippen molar-refractivity contribution in [3.63, 3.8) is 0 Å². The second-order valence-corrected chi connectivity index (χ2v) is 10.1. The molecule has 2 aromatic rings. The maximum atomic E-state index is 6.27. The summed E-state index contributed by atoms with van der Waals surface area (Å²) in [5, 5.41) is 0. The molecule has 0 aliphatic heterocycles. The standard InChI is InChI=1S/2C12H18O.W/c2*1-8(2)10-6-5-7-11(13)12(10)9(3)4;/h2*5-9,13H,1-4H3;/q;;+2/p-2. The van der Waals surface area contributed by atoms with Crippen LogP contribution in [-0.4, -0.2) is 0 Å². The Hall–Kier alpha value is -1.27. The monoisotopic (exact) mass is 538 g/mol. The molecule has 0 bridgehead atoms. The molecule has 0 N–H and O–H groups in total. The molecule has 0 spiro atoms. The van der Waals surface area contributed by atoms with Crippen LogP contribution in [0.2, 0.25) is 0 Å². The molecule has 3 heteroatoms. The predicted octanol–water partition coefficient (Wildman–Crippen LogP) is 7.55. The number of benzene rings is 2. The van der Waals surface area contributed by atoms with Crippen molar-refractivity contribution in [2.45, 2.75) is 79.1 Å². The van der Waals surface area contributed by atoms with Crippen molar-refractivity contribution in [1.29, 1.82) is 0 Å². The van der Waals surface area contributed by atoms with E-state index in [2.05, 4.69) is 91.8 Å². The maximum absolute atomic E-state index is 6.27. The molecular formula is C24H34O2W. The van der Waals surface area contributed by atoms with E-state index in [-0.39, 0.29) is 0 Å². The van der Waals surface area contributed by atoms with Crippen LogP contribution >= 0.6 is 0 Å². The first kappa shape index (κ1) is 22.0. The topological polar surface area (TPSA) is 18.5 Å². The third-order valence-corrected chi connectivity index (χ3v) is 6.63. The van der Waals surface area contributed by atoms with E-state index in [1.807, 2.05) is 0 Å². The van der Waals surface area contributed by atoms with Gasteiger partial charge in [0.25, 0.3) is 0 Å². The van der Waals surface area contributed by atoms with Gasteiger partial charge in [-0.25, -0.2) is 0 Å². The van der Waals surface area contributed by atoms with Gasteiger partial charge in [0.2, 0.25) is 0 Å². The van der Waals surface area contributed by atoms with Gasteiger partial charge in [-0.05, 0) is 0 Å². The Morgan fingerprint density at radius 1 is 0.556 bits per heavy atom. The molecule has 0 atom stereocenters. The second kappa shape index (κ2) is 9.78. The second-order valence-electron chi connectivity index (χ2n) is 8.37. The third kappa shape index (κ3) is 5.38. The van der Waals surface area contributed by atoms with Crippen molar-refractivity contribution in [3.05, 3.63) is 58.7 Å². The predicted molar refractivity (Wildman–Crippen MR) is 110 cm³/mol. The molecule has 2 rings (SSSR count). The van der Waals surface area contributed by atoms with E-state index in [0.29, 0.717) is 23.7 Å². The van der Waals surface area contributed by atoms with Crippen LogP contribution in [0.1, 0.15) is 101 Å². The zero-order valence-electron chi connectivity index (χ0n) is 18.0. The van der Waals surface area contributed by atoms with Crippen LogP contribution in [0.4, 0.5) is 0 Å². The van der Waals surface area contributed by atoms with Gasteiger partial charge < -0.3 is 0 Å². The first-order valence-corrected chi connectivity index (χ1v) is 12.4. The summed E-state index contributed by atoms with van der Waals surface area (Å²) in [5.74, 6) is 3.87. The van der Waals surface area contributed by atoms with Gasteiger partial charge in [-0.2, -0.15) is 0 Å². The van der Waals surface area contributed by atoms with E-state index < -0.39 is 19.3 Å². The van der Waals surface area contributed by atoms with E-state index >= 15 is 0 Å². The zero-order valence-corrected chi connectivity index (χ0v) is 20.9. The molecule has 0 aliphatic carbocycles. The van der Waals surface area contributed by atoms with Crippen molar-refractivity contribution < 1.29 is 26.1 Å². The molecule has 0 fully saturated rings. The van der Waals surface area contributed by atoms with Crippen molar-refractivity contribution in [3.8, 4) is 11.5 Å². The first-order valence-electron chi connectivity index (χ1n) is 10.0. The Morgan fingerprint density at radius 2 is 0.926 bits per heavy atom. The van der Waals surface area contributed by atoms with Crippen molar-refractivity contribution >= 4 is 0 Å². The van der Waals surface area contributed by atoms with Crippen LogP contribution in [0.15, 0.2) is 36.4 Å². The van der Waals surface area contributed by atoms with Crippen LogP contribution in [0.5, 0.6) is 11.5 Å². The summed E-state index contributed by atoms with van der Waals surface area (Å²) in [7, 11) is 0. The van der Waals surface area contributed by atoms with Crippen molar-refractivity contribution in [2.75, 3.05) is 0 Å². The summed E-state index contributed by atoms with van der Waals surface area (Å²) in [4.78, 5) is 0. The first-order chi connectivity index (χ1) is 12.7. The molecule has 0 saturated heterocycles. The van der Waals surface area contributed by atoms with E-state index in [9.17, 15) is 0 Å². The zero-order chi connectivity index (χ0) is 20.1. The molecule has 0 saturated carbocycles. The Morgan fingerprint density at radius 3 is 1.22 bits per heavy atom. The molecule has 2 aromatic carbocycles. The van der Waals surface area contributed by atoms with Crippen LogP contribution in [0.3, 0.4) is 0 Å². The summed E-state index contributed by atoms with van der Waals surface area (Å²) >= 11 is -1.45. The average Bonchev–Trinajstić information content (AvgIpc) is 2.60.